The lowest BCUT2D eigenvalue weighted by Crippen LogP contribution is -2.30. The Morgan fingerprint density at radius 2 is 2.26 bits per heavy atom. The zero-order valence-corrected chi connectivity index (χ0v) is 10.7. The fraction of sp³-hybridized carbons (Fsp3) is 0.571. The summed E-state index contributed by atoms with van der Waals surface area (Å²) in [6.45, 7) is 2.08. The predicted octanol–water partition coefficient (Wildman–Crippen LogP) is 1.86. The van der Waals surface area contributed by atoms with Crippen LogP contribution >= 0.6 is 0 Å². The average molecular weight is 264 g/mol. The van der Waals surface area contributed by atoms with E-state index in [2.05, 4.69) is 4.98 Å². The largest absolute Gasteiger partial charge is 0.376 e. The molecular formula is C14H17FN2O2. The zero-order chi connectivity index (χ0) is 13.2. The smallest absolute Gasteiger partial charge is 0.255 e. The van der Waals surface area contributed by atoms with Crippen LogP contribution in [0.3, 0.4) is 0 Å². The Bertz CT molecular complexity index is 476. The number of nitrogens with zero attached hydrogens (tertiary/aromatic N) is 2. The van der Waals surface area contributed by atoms with E-state index in [9.17, 15) is 9.18 Å². The number of carbonyl (C=O) groups is 1. The van der Waals surface area contributed by atoms with E-state index < -0.39 is 5.82 Å². The van der Waals surface area contributed by atoms with Gasteiger partial charge in [0.1, 0.15) is 5.82 Å². The molecule has 1 aromatic rings. The number of aromatic nitrogens is 1. The number of halogens is 1. The number of amides is 1. The summed E-state index contributed by atoms with van der Waals surface area (Å²) in [5, 5.41) is 0. The van der Waals surface area contributed by atoms with Crippen molar-refractivity contribution in [3.63, 3.8) is 0 Å². The lowest BCUT2D eigenvalue weighted by molar-refractivity contribution is 0.0480. The molecule has 1 saturated heterocycles. The molecule has 1 atom stereocenters. The van der Waals surface area contributed by atoms with Crippen LogP contribution in [0.2, 0.25) is 0 Å². The van der Waals surface area contributed by atoms with Gasteiger partial charge in [0.15, 0.2) is 0 Å². The minimum absolute atomic E-state index is 0.131. The van der Waals surface area contributed by atoms with Crippen molar-refractivity contribution in [2.45, 2.75) is 25.4 Å². The van der Waals surface area contributed by atoms with Crippen LogP contribution in [0.25, 0.3) is 0 Å². The highest BCUT2D eigenvalue weighted by Gasteiger charge is 2.30. The van der Waals surface area contributed by atoms with Crippen LogP contribution in [0.4, 0.5) is 4.39 Å². The molecule has 1 unspecified atom stereocenters. The Balaban J connectivity index is 1.56. The summed E-state index contributed by atoms with van der Waals surface area (Å²) in [5.41, 5.74) is 0.308. The summed E-state index contributed by atoms with van der Waals surface area (Å²) < 4.78 is 18.8. The second-order valence-electron chi connectivity index (χ2n) is 5.33. The quantitative estimate of drug-likeness (QED) is 0.833. The highest BCUT2D eigenvalue weighted by molar-refractivity contribution is 5.94. The first-order valence-electron chi connectivity index (χ1n) is 6.74. The highest BCUT2D eigenvalue weighted by Crippen LogP contribution is 2.30. The van der Waals surface area contributed by atoms with Gasteiger partial charge in [-0.2, -0.15) is 0 Å². The van der Waals surface area contributed by atoms with Gasteiger partial charge in [0.25, 0.3) is 5.91 Å². The van der Waals surface area contributed by atoms with Crippen molar-refractivity contribution in [2.75, 3.05) is 19.7 Å². The van der Waals surface area contributed by atoms with Crippen LogP contribution in [0, 0.1) is 11.7 Å². The fourth-order valence-electron chi connectivity index (χ4n) is 2.32. The maximum absolute atomic E-state index is 13.0. The minimum atomic E-state index is -0.480. The van der Waals surface area contributed by atoms with Gasteiger partial charge in [-0.25, -0.2) is 4.39 Å². The van der Waals surface area contributed by atoms with Crippen LogP contribution in [-0.2, 0) is 4.74 Å². The van der Waals surface area contributed by atoms with Crippen molar-refractivity contribution in [3.8, 4) is 0 Å². The van der Waals surface area contributed by atoms with Crippen molar-refractivity contribution < 1.29 is 13.9 Å². The SMILES string of the molecule is O=C(c1cncc(F)c1)N1CCC(OCC2CC2)C1. The van der Waals surface area contributed by atoms with E-state index in [4.69, 9.17) is 4.74 Å². The molecule has 0 bridgehead atoms. The fourth-order valence-corrected chi connectivity index (χ4v) is 2.32. The second kappa shape index (κ2) is 5.25. The van der Waals surface area contributed by atoms with Gasteiger partial charge in [0.05, 0.1) is 17.9 Å². The van der Waals surface area contributed by atoms with E-state index in [1.165, 1.54) is 25.1 Å². The number of rotatable bonds is 4. The van der Waals surface area contributed by atoms with E-state index in [-0.39, 0.29) is 12.0 Å². The third-order valence-corrected chi connectivity index (χ3v) is 3.65. The van der Waals surface area contributed by atoms with Crippen LogP contribution in [0.5, 0.6) is 0 Å². The van der Waals surface area contributed by atoms with Crippen molar-refractivity contribution >= 4 is 5.91 Å². The molecule has 0 spiro atoms. The summed E-state index contributed by atoms with van der Waals surface area (Å²) >= 11 is 0. The van der Waals surface area contributed by atoms with E-state index in [1.54, 1.807) is 4.90 Å². The monoisotopic (exact) mass is 264 g/mol. The number of ether oxygens (including phenoxy) is 1. The minimum Gasteiger partial charge on any atom is -0.376 e. The Labute approximate surface area is 111 Å². The van der Waals surface area contributed by atoms with Crippen LogP contribution < -0.4 is 0 Å². The number of carbonyl (C=O) groups excluding carboxylic acids is 1. The lowest BCUT2D eigenvalue weighted by Gasteiger charge is -2.16. The lowest BCUT2D eigenvalue weighted by atomic mass is 10.2. The zero-order valence-electron chi connectivity index (χ0n) is 10.7. The number of pyridine rings is 1. The topological polar surface area (TPSA) is 42.4 Å². The van der Waals surface area contributed by atoms with Gasteiger partial charge in [-0.3, -0.25) is 9.78 Å². The molecule has 0 N–H and O–H groups in total. The van der Waals surface area contributed by atoms with E-state index in [0.29, 0.717) is 18.7 Å². The van der Waals surface area contributed by atoms with Crippen molar-refractivity contribution in [1.82, 2.24) is 9.88 Å². The predicted molar refractivity (Wildman–Crippen MR) is 67.2 cm³/mol. The molecule has 5 heteroatoms. The second-order valence-corrected chi connectivity index (χ2v) is 5.33. The van der Waals surface area contributed by atoms with E-state index in [1.807, 2.05) is 0 Å². The Morgan fingerprint density at radius 3 is 3.00 bits per heavy atom. The van der Waals surface area contributed by atoms with Crippen molar-refractivity contribution in [2.24, 2.45) is 5.92 Å². The molecular weight excluding hydrogens is 247 g/mol. The average Bonchev–Trinajstić information content (AvgIpc) is 3.13. The first-order chi connectivity index (χ1) is 9.22. The Kier molecular flexibility index (Phi) is 3.46. The van der Waals surface area contributed by atoms with Gasteiger partial charge in [-0.1, -0.05) is 0 Å². The maximum Gasteiger partial charge on any atom is 0.255 e. The summed E-state index contributed by atoms with van der Waals surface area (Å²) in [6.07, 6.45) is 6.04. The van der Waals surface area contributed by atoms with Crippen LogP contribution in [0.15, 0.2) is 18.5 Å². The molecule has 1 aliphatic heterocycles. The molecule has 2 heterocycles. The molecule has 19 heavy (non-hydrogen) atoms. The molecule has 1 amide bonds. The number of hydrogen-bond acceptors (Lipinski definition) is 3. The van der Waals surface area contributed by atoms with Gasteiger partial charge < -0.3 is 9.64 Å². The summed E-state index contributed by atoms with van der Waals surface area (Å²) in [7, 11) is 0. The maximum atomic E-state index is 13.0. The first kappa shape index (κ1) is 12.5. The summed E-state index contributed by atoms with van der Waals surface area (Å²) in [6, 6.07) is 1.23. The van der Waals surface area contributed by atoms with Gasteiger partial charge >= 0.3 is 0 Å². The molecule has 3 rings (SSSR count). The molecule has 0 aromatic carbocycles. The number of hydrogen-bond donors (Lipinski definition) is 0. The highest BCUT2D eigenvalue weighted by atomic mass is 19.1. The summed E-state index contributed by atoms with van der Waals surface area (Å²) in [5.74, 6) is 0.0910. The standard InChI is InChI=1S/C14H17FN2O2/c15-12-5-11(6-16-7-12)14(18)17-4-3-13(8-17)19-9-10-1-2-10/h5-7,10,13H,1-4,8-9H2. The molecule has 1 aliphatic carbocycles. The number of likely N-dealkylation sites (tertiary alicyclic amines) is 1. The molecule has 2 fully saturated rings. The molecule has 4 nitrogen and oxygen atoms in total. The Morgan fingerprint density at radius 1 is 1.42 bits per heavy atom. The van der Waals surface area contributed by atoms with Gasteiger partial charge in [0.2, 0.25) is 0 Å². The van der Waals surface area contributed by atoms with Crippen molar-refractivity contribution in [3.05, 3.63) is 29.8 Å². The Hall–Kier alpha value is -1.49. The van der Waals surface area contributed by atoms with Gasteiger partial charge in [-0.15, -0.1) is 0 Å². The molecule has 2 aliphatic rings. The van der Waals surface area contributed by atoms with Gasteiger partial charge in [0, 0.05) is 25.9 Å². The molecule has 1 saturated carbocycles. The molecule has 0 radical (unpaired) electrons. The van der Waals surface area contributed by atoms with E-state index in [0.717, 1.165) is 25.1 Å². The van der Waals surface area contributed by atoms with Crippen LogP contribution in [0.1, 0.15) is 29.6 Å². The van der Waals surface area contributed by atoms with Crippen LogP contribution in [-0.4, -0.2) is 41.6 Å². The first-order valence-corrected chi connectivity index (χ1v) is 6.74. The summed E-state index contributed by atoms with van der Waals surface area (Å²) in [4.78, 5) is 17.6. The van der Waals surface area contributed by atoms with Crippen molar-refractivity contribution in [1.29, 1.82) is 0 Å². The normalized spacial score (nSPS) is 22.8. The van der Waals surface area contributed by atoms with Gasteiger partial charge in [-0.05, 0) is 31.2 Å². The third kappa shape index (κ3) is 3.10. The molecule has 1 aromatic heterocycles. The molecule has 102 valence electrons. The third-order valence-electron chi connectivity index (χ3n) is 3.65. The van der Waals surface area contributed by atoms with E-state index >= 15 is 0 Å².